The SMILES string of the molecule is COCCS(=O)(=O)N1CCN(c2nc(N3CCCC3)nc3[nH]c(C)cc23)CC1. The molecule has 2 aliphatic rings. The minimum Gasteiger partial charge on any atom is -0.384 e. The highest BCUT2D eigenvalue weighted by Crippen LogP contribution is 2.29. The molecule has 0 saturated carbocycles. The minimum absolute atomic E-state index is 0.0252. The molecule has 1 N–H and O–H groups in total. The number of methoxy groups -OCH3 is 1. The highest BCUT2D eigenvalue weighted by Gasteiger charge is 2.29. The number of hydrogen-bond donors (Lipinski definition) is 1. The van der Waals surface area contributed by atoms with Crippen molar-refractivity contribution in [2.45, 2.75) is 19.8 Å². The predicted molar refractivity (Wildman–Crippen MR) is 110 cm³/mol. The van der Waals surface area contributed by atoms with Crippen molar-refractivity contribution in [2.24, 2.45) is 0 Å². The van der Waals surface area contributed by atoms with Crippen LogP contribution in [0.3, 0.4) is 0 Å². The largest absolute Gasteiger partial charge is 0.384 e. The zero-order chi connectivity index (χ0) is 19.7. The Hall–Kier alpha value is -1.91. The fraction of sp³-hybridized carbons (Fsp3) is 0.667. The van der Waals surface area contributed by atoms with E-state index < -0.39 is 10.0 Å². The number of sulfonamides is 1. The quantitative estimate of drug-likeness (QED) is 0.761. The average Bonchev–Trinajstić information content (AvgIpc) is 3.34. The summed E-state index contributed by atoms with van der Waals surface area (Å²) in [4.78, 5) is 17.4. The molecular weight excluding hydrogens is 380 g/mol. The van der Waals surface area contributed by atoms with Gasteiger partial charge in [0.1, 0.15) is 11.5 Å². The van der Waals surface area contributed by atoms with Crippen LogP contribution >= 0.6 is 0 Å². The number of fused-ring (bicyclic) bond motifs is 1. The molecule has 154 valence electrons. The van der Waals surface area contributed by atoms with Gasteiger partial charge in [-0.2, -0.15) is 14.3 Å². The summed E-state index contributed by atoms with van der Waals surface area (Å²) >= 11 is 0. The predicted octanol–water partition coefficient (Wildman–Crippen LogP) is 0.965. The molecule has 0 radical (unpaired) electrons. The maximum absolute atomic E-state index is 12.4. The Balaban J connectivity index is 1.57. The number of nitrogens with one attached hydrogen (secondary N) is 1. The van der Waals surface area contributed by atoms with Crippen molar-refractivity contribution in [3.05, 3.63) is 11.8 Å². The van der Waals surface area contributed by atoms with E-state index in [2.05, 4.69) is 20.9 Å². The maximum Gasteiger partial charge on any atom is 0.229 e. The van der Waals surface area contributed by atoms with Crippen molar-refractivity contribution in [1.82, 2.24) is 19.3 Å². The smallest absolute Gasteiger partial charge is 0.229 e. The molecule has 0 spiro atoms. The van der Waals surface area contributed by atoms with Gasteiger partial charge in [0, 0.05) is 52.1 Å². The molecule has 2 aromatic heterocycles. The van der Waals surface area contributed by atoms with Gasteiger partial charge in [-0.15, -0.1) is 0 Å². The molecule has 0 aliphatic carbocycles. The summed E-state index contributed by atoms with van der Waals surface area (Å²) in [7, 11) is -1.76. The van der Waals surface area contributed by atoms with Crippen LogP contribution in [-0.2, 0) is 14.8 Å². The van der Waals surface area contributed by atoms with Gasteiger partial charge >= 0.3 is 0 Å². The number of H-pyrrole nitrogens is 1. The van der Waals surface area contributed by atoms with Crippen LogP contribution < -0.4 is 9.80 Å². The number of aromatic nitrogens is 3. The molecule has 4 rings (SSSR count). The molecule has 28 heavy (non-hydrogen) atoms. The van der Waals surface area contributed by atoms with Crippen molar-refractivity contribution in [2.75, 3.05) is 68.5 Å². The zero-order valence-corrected chi connectivity index (χ0v) is 17.3. The number of aryl methyl sites for hydroxylation is 1. The summed E-state index contributed by atoms with van der Waals surface area (Å²) < 4.78 is 31.3. The molecule has 0 atom stereocenters. The fourth-order valence-electron chi connectivity index (χ4n) is 3.91. The molecule has 2 aromatic rings. The molecule has 0 aromatic carbocycles. The number of anilines is 2. The second-order valence-electron chi connectivity index (χ2n) is 7.45. The Bertz CT molecular complexity index is 930. The monoisotopic (exact) mass is 408 g/mol. The summed E-state index contributed by atoms with van der Waals surface area (Å²) in [5.74, 6) is 1.68. The van der Waals surface area contributed by atoms with Crippen LogP contribution in [0.5, 0.6) is 0 Å². The van der Waals surface area contributed by atoms with Crippen LogP contribution in [-0.4, -0.2) is 86.4 Å². The van der Waals surface area contributed by atoms with Crippen LogP contribution in [0.15, 0.2) is 6.07 Å². The Labute approximate surface area is 165 Å². The third-order valence-corrected chi connectivity index (χ3v) is 7.29. The second-order valence-corrected chi connectivity index (χ2v) is 9.54. The fourth-order valence-corrected chi connectivity index (χ4v) is 5.26. The second kappa shape index (κ2) is 7.84. The first-order valence-corrected chi connectivity index (χ1v) is 11.4. The third-order valence-electron chi connectivity index (χ3n) is 5.46. The molecule has 0 bridgehead atoms. The third kappa shape index (κ3) is 3.81. The normalized spacial score (nSPS) is 19.1. The Morgan fingerprint density at radius 3 is 2.46 bits per heavy atom. The Morgan fingerprint density at radius 1 is 1.07 bits per heavy atom. The minimum atomic E-state index is -3.28. The number of aromatic amines is 1. The van der Waals surface area contributed by atoms with Gasteiger partial charge in [-0.3, -0.25) is 0 Å². The summed E-state index contributed by atoms with van der Waals surface area (Å²) in [6, 6.07) is 2.07. The maximum atomic E-state index is 12.4. The number of piperazine rings is 1. The van der Waals surface area contributed by atoms with Crippen LogP contribution in [0.1, 0.15) is 18.5 Å². The van der Waals surface area contributed by atoms with Gasteiger partial charge in [0.05, 0.1) is 17.7 Å². The lowest BCUT2D eigenvalue weighted by Crippen LogP contribution is -2.50. The van der Waals surface area contributed by atoms with E-state index in [4.69, 9.17) is 14.7 Å². The van der Waals surface area contributed by atoms with Gasteiger partial charge in [0.25, 0.3) is 0 Å². The molecular formula is C18H28N6O3S. The molecule has 0 unspecified atom stereocenters. The van der Waals surface area contributed by atoms with Gasteiger partial charge in [0.15, 0.2) is 0 Å². The van der Waals surface area contributed by atoms with Crippen LogP contribution in [0.4, 0.5) is 11.8 Å². The van der Waals surface area contributed by atoms with Crippen LogP contribution in [0.2, 0.25) is 0 Å². The van der Waals surface area contributed by atoms with Crippen molar-refractivity contribution >= 4 is 32.8 Å². The van der Waals surface area contributed by atoms with Gasteiger partial charge < -0.3 is 19.5 Å². The van der Waals surface area contributed by atoms with Crippen molar-refractivity contribution in [1.29, 1.82) is 0 Å². The number of hydrogen-bond acceptors (Lipinski definition) is 7. The molecule has 4 heterocycles. The number of nitrogens with zero attached hydrogens (tertiary/aromatic N) is 5. The van der Waals surface area contributed by atoms with Gasteiger partial charge in [-0.05, 0) is 25.8 Å². The highest BCUT2D eigenvalue weighted by atomic mass is 32.2. The van der Waals surface area contributed by atoms with E-state index in [1.54, 1.807) is 4.31 Å². The molecule has 10 heteroatoms. The first-order chi connectivity index (χ1) is 13.5. The summed E-state index contributed by atoms with van der Waals surface area (Å²) in [5.41, 5.74) is 1.89. The zero-order valence-electron chi connectivity index (χ0n) is 16.5. The average molecular weight is 409 g/mol. The summed E-state index contributed by atoms with van der Waals surface area (Å²) in [6.07, 6.45) is 2.33. The van der Waals surface area contributed by atoms with Gasteiger partial charge in [0.2, 0.25) is 16.0 Å². The van der Waals surface area contributed by atoms with Crippen molar-refractivity contribution in [3.8, 4) is 0 Å². The van der Waals surface area contributed by atoms with Gasteiger partial charge in [-0.25, -0.2) is 8.42 Å². The highest BCUT2D eigenvalue weighted by molar-refractivity contribution is 7.89. The topological polar surface area (TPSA) is 94.7 Å². The lowest BCUT2D eigenvalue weighted by molar-refractivity contribution is 0.215. The van der Waals surface area contributed by atoms with Crippen LogP contribution in [0, 0.1) is 6.92 Å². The number of ether oxygens (including phenoxy) is 1. The van der Waals surface area contributed by atoms with Crippen molar-refractivity contribution in [3.63, 3.8) is 0 Å². The molecule has 9 nitrogen and oxygen atoms in total. The van der Waals surface area contributed by atoms with E-state index in [0.29, 0.717) is 26.2 Å². The van der Waals surface area contributed by atoms with E-state index in [9.17, 15) is 8.42 Å². The molecule has 0 amide bonds. The lowest BCUT2D eigenvalue weighted by atomic mass is 10.3. The van der Waals surface area contributed by atoms with E-state index in [1.807, 2.05) is 6.92 Å². The number of rotatable bonds is 6. The van der Waals surface area contributed by atoms with E-state index in [0.717, 1.165) is 41.6 Å². The van der Waals surface area contributed by atoms with Gasteiger partial charge in [-0.1, -0.05) is 0 Å². The van der Waals surface area contributed by atoms with E-state index >= 15 is 0 Å². The lowest BCUT2D eigenvalue weighted by Gasteiger charge is -2.35. The summed E-state index contributed by atoms with van der Waals surface area (Å²) in [6.45, 7) is 6.34. The first kappa shape index (κ1) is 19.4. The first-order valence-electron chi connectivity index (χ1n) is 9.82. The molecule has 2 fully saturated rings. The van der Waals surface area contributed by atoms with Crippen LogP contribution in [0.25, 0.3) is 11.0 Å². The van der Waals surface area contributed by atoms with E-state index in [-0.39, 0.29) is 12.4 Å². The molecule has 2 saturated heterocycles. The van der Waals surface area contributed by atoms with Crippen molar-refractivity contribution < 1.29 is 13.2 Å². The Kier molecular flexibility index (Phi) is 5.44. The summed E-state index contributed by atoms with van der Waals surface area (Å²) in [5, 5.41) is 0.996. The molecule has 2 aliphatic heterocycles. The Morgan fingerprint density at radius 2 is 1.79 bits per heavy atom. The standard InChI is InChI=1S/C18H28N6O3S/c1-14-13-15-16(19-14)20-18(23-5-3-4-6-23)21-17(15)22-7-9-24(10-8-22)28(25,26)12-11-27-2/h13H,3-12H2,1-2H3,(H,19,20,21). The van der Waals surface area contributed by atoms with E-state index in [1.165, 1.54) is 20.0 Å².